The van der Waals surface area contributed by atoms with Crippen LogP contribution in [0.5, 0.6) is 0 Å². The lowest BCUT2D eigenvalue weighted by Gasteiger charge is -2.52. The number of aryl methyl sites for hydroxylation is 1. The van der Waals surface area contributed by atoms with Crippen molar-refractivity contribution >= 4 is 21.1 Å². The van der Waals surface area contributed by atoms with E-state index < -0.39 is 10.0 Å². The van der Waals surface area contributed by atoms with Gasteiger partial charge in [0.1, 0.15) is 5.82 Å². The molecule has 3 aromatic heterocycles. The lowest BCUT2D eigenvalue weighted by molar-refractivity contribution is 0.0895. The van der Waals surface area contributed by atoms with Gasteiger partial charge in [-0.2, -0.15) is 0 Å². The molecule has 0 atom stereocenters. The quantitative estimate of drug-likeness (QED) is 0.433. The summed E-state index contributed by atoms with van der Waals surface area (Å²) in [5, 5.41) is 0. The molecule has 7 rings (SSSR count). The van der Waals surface area contributed by atoms with Crippen LogP contribution in [-0.4, -0.2) is 45.1 Å². The average molecular weight is 489 g/mol. The molecule has 0 amide bonds. The first-order valence-corrected chi connectivity index (χ1v) is 13.9. The highest BCUT2D eigenvalue weighted by Crippen LogP contribution is 2.53. The van der Waals surface area contributed by atoms with Gasteiger partial charge >= 0.3 is 0 Å². The Hall–Kier alpha value is -3.17. The van der Waals surface area contributed by atoms with Crippen LogP contribution in [0.3, 0.4) is 0 Å². The fraction of sp³-hybridized carbons (Fsp3) is 0.385. The van der Waals surface area contributed by atoms with E-state index in [1.165, 1.54) is 6.26 Å². The highest BCUT2D eigenvalue weighted by Gasteiger charge is 2.52. The third-order valence-electron chi connectivity index (χ3n) is 7.74. The summed E-state index contributed by atoms with van der Waals surface area (Å²) in [4.78, 5) is 22.5. The van der Waals surface area contributed by atoms with E-state index in [0.29, 0.717) is 0 Å². The molecule has 0 spiro atoms. The van der Waals surface area contributed by atoms with E-state index in [1.54, 1.807) is 12.4 Å². The van der Waals surface area contributed by atoms with Crippen molar-refractivity contribution in [3.8, 4) is 22.6 Å². The van der Waals surface area contributed by atoms with Gasteiger partial charge in [0.15, 0.2) is 0 Å². The van der Waals surface area contributed by atoms with Crippen LogP contribution in [0, 0.1) is 6.92 Å². The Morgan fingerprint density at radius 1 is 0.914 bits per heavy atom. The van der Waals surface area contributed by atoms with Gasteiger partial charge in [-0.25, -0.2) is 18.1 Å². The third kappa shape index (κ3) is 4.02. The molecule has 3 heterocycles. The van der Waals surface area contributed by atoms with Crippen LogP contribution in [0.25, 0.3) is 33.7 Å². The van der Waals surface area contributed by atoms with E-state index in [1.807, 2.05) is 43.3 Å². The number of hydrogen-bond donors (Lipinski definition) is 2. The Morgan fingerprint density at radius 2 is 1.63 bits per heavy atom. The zero-order valence-electron chi connectivity index (χ0n) is 19.9. The molecule has 9 heteroatoms. The summed E-state index contributed by atoms with van der Waals surface area (Å²) in [6.45, 7) is 1.99. The highest BCUT2D eigenvalue weighted by molar-refractivity contribution is 7.88. The molecule has 3 aliphatic rings. The van der Waals surface area contributed by atoms with Crippen LogP contribution in [-0.2, 0) is 15.4 Å². The largest absolute Gasteiger partial charge is 0.340 e. The van der Waals surface area contributed by atoms with E-state index in [9.17, 15) is 8.42 Å². The number of aromatic nitrogens is 5. The summed E-state index contributed by atoms with van der Waals surface area (Å²) >= 11 is 0. The second-order valence-electron chi connectivity index (χ2n) is 10.2. The van der Waals surface area contributed by atoms with Gasteiger partial charge in [0.05, 0.1) is 34.4 Å². The van der Waals surface area contributed by atoms with Crippen LogP contribution in [0.2, 0.25) is 0 Å². The number of fused-ring (bicyclic) bond motifs is 4. The van der Waals surface area contributed by atoms with Crippen LogP contribution in [0.4, 0.5) is 0 Å². The maximum Gasteiger partial charge on any atom is 0.209 e. The average Bonchev–Trinajstić information content (AvgIpc) is 3.30. The molecule has 4 aromatic rings. The number of aromatic amines is 1. The lowest BCUT2D eigenvalue weighted by atomic mass is 9.57. The first kappa shape index (κ1) is 22.3. The maximum atomic E-state index is 12.0. The molecule has 8 nitrogen and oxygen atoms in total. The Labute approximate surface area is 204 Å². The summed E-state index contributed by atoms with van der Waals surface area (Å²) in [5.74, 6) is 0.970. The first-order chi connectivity index (χ1) is 16.7. The summed E-state index contributed by atoms with van der Waals surface area (Å²) in [6, 6.07) is 12.1. The number of nitrogens with zero attached hydrogens (tertiary/aromatic N) is 4. The molecule has 0 aliphatic heterocycles. The summed E-state index contributed by atoms with van der Waals surface area (Å²) in [5.41, 5.74) is 5.78. The zero-order chi connectivity index (χ0) is 24.3. The molecule has 2 N–H and O–H groups in total. The van der Waals surface area contributed by atoms with Gasteiger partial charge in [0.25, 0.3) is 0 Å². The van der Waals surface area contributed by atoms with Crippen molar-refractivity contribution < 1.29 is 8.42 Å². The highest BCUT2D eigenvalue weighted by atomic mass is 32.2. The SMILES string of the molecule is Cc1cccc(-c2[nH]c(C34CCC(NS(C)(=O)=O)(CC3)CC4)nc2-c2ccc3nccnc3c2)n1. The predicted octanol–water partition coefficient (Wildman–Crippen LogP) is 4.28. The summed E-state index contributed by atoms with van der Waals surface area (Å²) in [6.07, 6.45) is 9.79. The second kappa shape index (κ2) is 7.93. The molecule has 0 saturated heterocycles. The molecule has 180 valence electrons. The number of benzene rings is 1. The molecule has 3 aliphatic carbocycles. The van der Waals surface area contributed by atoms with Crippen molar-refractivity contribution in [2.45, 2.75) is 56.4 Å². The van der Waals surface area contributed by atoms with Crippen molar-refractivity contribution in [3.63, 3.8) is 0 Å². The molecule has 0 radical (unpaired) electrons. The minimum atomic E-state index is -3.24. The second-order valence-corrected chi connectivity index (χ2v) is 11.9. The molecule has 1 aromatic carbocycles. The van der Waals surface area contributed by atoms with Gasteiger partial charge < -0.3 is 4.98 Å². The first-order valence-electron chi connectivity index (χ1n) is 12.0. The molecule has 35 heavy (non-hydrogen) atoms. The summed E-state index contributed by atoms with van der Waals surface area (Å²) in [7, 11) is -3.24. The fourth-order valence-corrected chi connectivity index (χ4v) is 6.99. The number of nitrogens with one attached hydrogen (secondary N) is 2. The minimum absolute atomic E-state index is 0.0889. The van der Waals surface area contributed by atoms with Crippen LogP contribution in [0.1, 0.15) is 50.0 Å². The number of imidazole rings is 1. The van der Waals surface area contributed by atoms with Gasteiger partial charge in [-0.1, -0.05) is 12.1 Å². The topological polar surface area (TPSA) is 114 Å². The number of hydrogen-bond acceptors (Lipinski definition) is 6. The number of pyridine rings is 1. The maximum absolute atomic E-state index is 12.0. The van der Waals surface area contributed by atoms with E-state index in [-0.39, 0.29) is 11.0 Å². The van der Waals surface area contributed by atoms with Crippen LogP contribution in [0.15, 0.2) is 48.8 Å². The van der Waals surface area contributed by atoms with Crippen LogP contribution < -0.4 is 4.72 Å². The molecular formula is C26H28N6O2S. The van der Waals surface area contributed by atoms with Gasteiger partial charge in [-0.3, -0.25) is 15.0 Å². The van der Waals surface area contributed by atoms with Gasteiger partial charge in [-0.15, -0.1) is 0 Å². The normalized spacial score (nSPS) is 24.2. The smallest absolute Gasteiger partial charge is 0.209 e. The van der Waals surface area contributed by atoms with Crippen molar-refractivity contribution in [1.29, 1.82) is 0 Å². The predicted molar refractivity (Wildman–Crippen MR) is 135 cm³/mol. The Balaban J connectivity index is 1.43. The van der Waals surface area contributed by atoms with E-state index in [4.69, 9.17) is 9.97 Å². The van der Waals surface area contributed by atoms with Crippen molar-refractivity contribution in [1.82, 2.24) is 29.6 Å². The van der Waals surface area contributed by atoms with Gasteiger partial charge in [0.2, 0.25) is 10.0 Å². The van der Waals surface area contributed by atoms with Gasteiger partial charge in [0, 0.05) is 34.6 Å². The monoisotopic (exact) mass is 488 g/mol. The van der Waals surface area contributed by atoms with Crippen LogP contribution >= 0.6 is 0 Å². The molecule has 3 fully saturated rings. The Kier molecular flexibility index (Phi) is 5.05. The number of rotatable bonds is 5. The van der Waals surface area contributed by atoms with E-state index >= 15 is 0 Å². The minimum Gasteiger partial charge on any atom is -0.340 e. The Morgan fingerprint density at radius 3 is 2.31 bits per heavy atom. The fourth-order valence-electron chi connectivity index (χ4n) is 5.90. The Bertz CT molecular complexity index is 1520. The third-order valence-corrected chi connectivity index (χ3v) is 8.55. The standard InChI is InChI=1S/C26H28N6O2S/c1-17-4-3-5-20(29-17)23-22(18-6-7-19-21(16-18)28-15-14-27-19)30-24(31-23)25-8-11-26(12-9-25,13-10-25)32-35(2,33)34/h3-7,14-16,32H,8-13H2,1-2H3,(H,30,31). The molecule has 3 saturated carbocycles. The van der Waals surface area contributed by atoms with Crippen molar-refractivity contribution in [2.24, 2.45) is 0 Å². The number of sulfonamides is 1. The lowest BCUT2D eigenvalue weighted by Crippen LogP contribution is -2.57. The molecular weight excluding hydrogens is 460 g/mol. The van der Waals surface area contributed by atoms with E-state index in [0.717, 1.165) is 83.7 Å². The van der Waals surface area contributed by atoms with Crippen molar-refractivity contribution in [3.05, 3.63) is 60.3 Å². The van der Waals surface area contributed by atoms with Gasteiger partial charge in [-0.05, 0) is 69.7 Å². The van der Waals surface area contributed by atoms with Crippen molar-refractivity contribution in [2.75, 3.05) is 6.26 Å². The zero-order valence-corrected chi connectivity index (χ0v) is 20.7. The molecule has 2 bridgehead atoms. The van der Waals surface area contributed by atoms with E-state index in [2.05, 4.69) is 19.7 Å². The number of H-pyrrole nitrogens is 1. The summed E-state index contributed by atoms with van der Waals surface area (Å²) < 4.78 is 26.9. The molecule has 0 unspecified atom stereocenters.